The molecule has 0 unspecified atom stereocenters. The summed E-state index contributed by atoms with van der Waals surface area (Å²) < 4.78 is 5.75. The van der Waals surface area contributed by atoms with E-state index in [1.54, 1.807) is 18.2 Å². The van der Waals surface area contributed by atoms with Crippen LogP contribution in [0.15, 0.2) is 40.9 Å². The van der Waals surface area contributed by atoms with Gasteiger partial charge in [-0.3, -0.25) is 4.79 Å². The molecule has 2 heterocycles. The summed E-state index contributed by atoms with van der Waals surface area (Å²) in [6.45, 7) is 0. The van der Waals surface area contributed by atoms with Crippen molar-refractivity contribution in [3.8, 4) is 11.3 Å². The molecule has 5 nitrogen and oxygen atoms in total. The van der Waals surface area contributed by atoms with Gasteiger partial charge in [0.25, 0.3) is 0 Å². The lowest BCUT2D eigenvalue weighted by molar-refractivity contribution is -0.115. The number of hydrogen-bond donors (Lipinski definition) is 2. The largest absolute Gasteiger partial charge is 0.465 e. The van der Waals surface area contributed by atoms with Crippen molar-refractivity contribution in [1.29, 1.82) is 0 Å². The van der Waals surface area contributed by atoms with Crippen LogP contribution in [0.2, 0.25) is 0 Å². The Morgan fingerprint density at radius 3 is 2.83 bits per heavy atom. The summed E-state index contributed by atoms with van der Waals surface area (Å²) in [7, 11) is 1.35. The van der Waals surface area contributed by atoms with Gasteiger partial charge in [0.2, 0.25) is 5.91 Å². The van der Waals surface area contributed by atoms with Crippen molar-refractivity contribution in [1.82, 2.24) is 4.98 Å². The predicted molar refractivity (Wildman–Crippen MR) is 95.1 cm³/mol. The summed E-state index contributed by atoms with van der Waals surface area (Å²) in [6, 6.07) is 11.0. The SMILES string of the molecule is COC(=O)c1ccc2c(c1)-c1[nH]c3ccc(Br)cc3c1CC(=O)N2. The van der Waals surface area contributed by atoms with Crippen molar-refractivity contribution in [2.24, 2.45) is 0 Å². The van der Waals surface area contributed by atoms with Gasteiger partial charge in [-0.15, -0.1) is 0 Å². The average molecular weight is 385 g/mol. The van der Waals surface area contributed by atoms with Gasteiger partial charge in [0.15, 0.2) is 0 Å². The molecule has 2 aromatic carbocycles. The molecule has 0 bridgehead atoms. The number of hydrogen-bond acceptors (Lipinski definition) is 3. The Labute approximate surface area is 146 Å². The van der Waals surface area contributed by atoms with Crippen LogP contribution in [-0.2, 0) is 16.0 Å². The topological polar surface area (TPSA) is 71.2 Å². The summed E-state index contributed by atoms with van der Waals surface area (Å²) in [6.07, 6.45) is 0.272. The summed E-state index contributed by atoms with van der Waals surface area (Å²) in [5.41, 5.74) is 4.63. The molecule has 0 atom stereocenters. The molecule has 4 rings (SSSR count). The number of methoxy groups -OCH3 is 1. The first-order valence-electron chi connectivity index (χ1n) is 7.39. The number of fused-ring (bicyclic) bond motifs is 5. The molecule has 24 heavy (non-hydrogen) atoms. The van der Waals surface area contributed by atoms with Gasteiger partial charge in [-0.25, -0.2) is 4.79 Å². The minimum atomic E-state index is -0.409. The Bertz CT molecular complexity index is 1010. The summed E-state index contributed by atoms with van der Waals surface area (Å²) in [5, 5.41) is 3.89. The van der Waals surface area contributed by atoms with Gasteiger partial charge in [-0.2, -0.15) is 0 Å². The highest BCUT2D eigenvalue weighted by Crippen LogP contribution is 2.38. The molecule has 3 aromatic rings. The Morgan fingerprint density at radius 2 is 2.04 bits per heavy atom. The lowest BCUT2D eigenvalue weighted by Crippen LogP contribution is -2.12. The first-order chi connectivity index (χ1) is 11.6. The number of carbonyl (C=O) groups is 2. The zero-order valence-corrected chi connectivity index (χ0v) is 14.4. The molecular weight excluding hydrogens is 372 g/mol. The van der Waals surface area contributed by atoms with Gasteiger partial charge in [-0.05, 0) is 42.0 Å². The molecule has 1 aromatic heterocycles. The van der Waals surface area contributed by atoms with Gasteiger partial charge in [0.05, 0.1) is 30.5 Å². The van der Waals surface area contributed by atoms with Crippen molar-refractivity contribution >= 4 is 44.4 Å². The monoisotopic (exact) mass is 384 g/mol. The highest BCUT2D eigenvalue weighted by atomic mass is 79.9. The van der Waals surface area contributed by atoms with E-state index >= 15 is 0 Å². The molecule has 0 saturated heterocycles. The number of H-pyrrole nitrogens is 1. The number of carbonyl (C=O) groups excluding carboxylic acids is 2. The third-order valence-electron chi connectivity index (χ3n) is 4.19. The fraction of sp³-hybridized carbons (Fsp3) is 0.111. The Kier molecular flexibility index (Phi) is 3.42. The third-order valence-corrected chi connectivity index (χ3v) is 4.68. The van der Waals surface area contributed by atoms with Crippen molar-refractivity contribution in [3.63, 3.8) is 0 Å². The molecular formula is C18H13BrN2O3. The van der Waals surface area contributed by atoms with Crippen molar-refractivity contribution in [3.05, 3.63) is 52.0 Å². The van der Waals surface area contributed by atoms with Crippen LogP contribution >= 0.6 is 15.9 Å². The molecule has 120 valence electrons. The van der Waals surface area contributed by atoms with E-state index in [4.69, 9.17) is 4.74 Å². The maximum absolute atomic E-state index is 12.3. The number of aromatic amines is 1. The summed E-state index contributed by atoms with van der Waals surface area (Å²) in [4.78, 5) is 27.5. The lowest BCUT2D eigenvalue weighted by atomic mass is 10.0. The molecule has 6 heteroatoms. The van der Waals surface area contributed by atoms with E-state index < -0.39 is 5.97 Å². The van der Waals surface area contributed by atoms with Crippen LogP contribution in [-0.4, -0.2) is 24.0 Å². The molecule has 1 aliphatic heterocycles. The number of anilines is 1. The number of nitrogens with one attached hydrogen (secondary N) is 2. The second-order valence-electron chi connectivity index (χ2n) is 5.65. The molecule has 2 N–H and O–H groups in total. The normalized spacial score (nSPS) is 13.0. The molecule has 0 radical (unpaired) electrons. The Morgan fingerprint density at radius 1 is 1.21 bits per heavy atom. The number of halogens is 1. The molecule has 0 spiro atoms. The van der Waals surface area contributed by atoms with E-state index in [0.29, 0.717) is 11.3 Å². The zero-order chi connectivity index (χ0) is 16.8. The van der Waals surface area contributed by atoms with Crippen molar-refractivity contribution < 1.29 is 14.3 Å². The maximum Gasteiger partial charge on any atom is 0.337 e. The van der Waals surface area contributed by atoms with Gasteiger partial charge >= 0.3 is 5.97 Å². The lowest BCUT2D eigenvalue weighted by Gasteiger charge is -2.09. The summed E-state index contributed by atoms with van der Waals surface area (Å²) in [5.74, 6) is -0.490. The molecule has 1 aliphatic rings. The van der Waals surface area contributed by atoms with E-state index in [1.165, 1.54) is 7.11 Å². The van der Waals surface area contributed by atoms with Gasteiger partial charge in [0, 0.05) is 20.9 Å². The highest BCUT2D eigenvalue weighted by molar-refractivity contribution is 9.10. The smallest absolute Gasteiger partial charge is 0.337 e. The van der Waals surface area contributed by atoms with Gasteiger partial charge < -0.3 is 15.0 Å². The number of esters is 1. The van der Waals surface area contributed by atoms with Crippen molar-refractivity contribution in [2.75, 3.05) is 12.4 Å². The number of ether oxygens (including phenoxy) is 1. The van der Waals surface area contributed by atoms with Crippen LogP contribution in [0.4, 0.5) is 5.69 Å². The third kappa shape index (κ3) is 2.30. The zero-order valence-electron chi connectivity index (χ0n) is 12.8. The quantitative estimate of drug-likeness (QED) is 0.625. The minimum Gasteiger partial charge on any atom is -0.465 e. The van der Waals surface area contributed by atoms with Crippen LogP contribution in [0.5, 0.6) is 0 Å². The fourth-order valence-corrected chi connectivity index (χ4v) is 3.45. The van der Waals surface area contributed by atoms with Crippen LogP contribution in [0.1, 0.15) is 15.9 Å². The standard InChI is InChI=1S/C18H13BrN2O3/c1-24-18(23)9-2-4-15-13(6-9)17-12(8-16(22)20-15)11-7-10(19)3-5-14(11)21-17/h2-7,21H,8H2,1H3,(H,20,22). The second-order valence-corrected chi connectivity index (χ2v) is 6.56. The summed E-state index contributed by atoms with van der Waals surface area (Å²) >= 11 is 3.48. The van der Waals surface area contributed by atoms with Crippen LogP contribution in [0.3, 0.4) is 0 Å². The van der Waals surface area contributed by atoms with Crippen LogP contribution in [0, 0.1) is 0 Å². The fourth-order valence-electron chi connectivity index (χ4n) is 3.09. The van der Waals surface area contributed by atoms with Crippen LogP contribution < -0.4 is 5.32 Å². The maximum atomic E-state index is 12.3. The van der Waals surface area contributed by atoms with Crippen molar-refractivity contribution in [2.45, 2.75) is 6.42 Å². The molecule has 0 fully saturated rings. The molecule has 0 saturated carbocycles. The first kappa shape index (κ1) is 15.0. The Hall–Kier alpha value is -2.60. The number of amides is 1. The molecule has 1 amide bonds. The van der Waals surface area contributed by atoms with Gasteiger partial charge in [0.1, 0.15) is 0 Å². The molecule has 0 aliphatic carbocycles. The van der Waals surface area contributed by atoms with E-state index in [-0.39, 0.29) is 12.3 Å². The minimum absolute atomic E-state index is 0.0818. The number of aromatic nitrogens is 1. The first-order valence-corrected chi connectivity index (χ1v) is 8.19. The average Bonchev–Trinajstić information content (AvgIpc) is 2.85. The van der Waals surface area contributed by atoms with E-state index in [1.807, 2.05) is 18.2 Å². The second kappa shape index (κ2) is 5.49. The Balaban J connectivity index is 2.02. The van der Waals surface area contributed by atoms with E-state index in [9.17, 15) is 9.59 Å². The predicted octanol–water partition coefficient (Wildman–Crippen LogP) is 3.88. The van der Waals surface area contributed by atoms with Gasteiger partial charge in [-0.1, -0.05) is 15.9 Å². The van der Waals surface area contributed by atoms with E-state index in [0.717, 1.165) is 32.2 Å². The highest BCUT2D eigenvalue weighted by Gasteiger charge is 2.24. The van der Waals surface area contributed by atoms with Crippen LogP contribution in [0.25, 0.3) is 22.2 Å². The number of benzene rings is 2. The van der Waals surface area contributed by atoms with E-state index in [2.05, 4.69) is 26.2 Å². The number of rotatable bonds is 1.